The zero-order chi connectivity index (χ0) is 26.9. The maximum Gasteiger partial charge on any atom is 0.369 e. The van der Waals surface area contributed by atoms with Crippen molar-refractivity contribution in [3.8, 4) is 28.0 Å². The number of aryl methyl sites for hydroxylation is 1. The van der Waals surface area contributed by atoms with Crippen LogP contribution in [-0.2, 0) is 22.9 Å². The summed E-state index contributed by atoms with van der Waals surface area (Å²) in [5.74, 6) is 1.56. The van der Waals surface area contributed by atoms with Crippen LogP contribution >= 0.6 is 11.3 Å². The summed E-state index contributed by atoms with van der Waals surface area (Å²) in [6.07, 6.45) is 0. The number of nitrogens with zero attached hydrogens (tertiary/aromatic N) is 2. The van der Waals surface area contributed by atoms with Gasteiger partial charge in [0, 0.05) is 11.5 Å². The molecule has 0 aliphatic heterocycles. The van der Waals surface area contributed by atoms with E-state index in [4.69, 9.17) is 22.6 Å². The lowest BCUT2D eigenvalue weighted by Gasteiger charge is -2.11. The van der Waals surface area contributed by atoms with Crippen LogP contribution in [0.4, 0.5) is 0 Å². The van der Waals surface area contributed by atoms with E-state index in [0.29, 0.717) is 23.1 Å². The molecule has 5 rings (SSSR count). The first kappa shape index (κ1) is 26.7. The second-order valence-electron chi connectivity index (χ2n) is 7.96. The maximum atomic E-state index is 12.0. The Balaban J connectivity index is 0.00000107. The lowest BCUT2D eigenvalue weighted by Crippen LogP contribution is -2.03. The highest BCUT2D eigenvalue weighted by Crippen LogP contribution is 2.37. The number of hydrogen-bond donors (Lipinski definition) is 1. The van der Waals surface area contributed by atoms with Crippen LogP contribution in [0, 0.1) is 6.92 Å². The molecule has 2 heterocycles. The molecule has 194 valence electrons. The SMILES string of the molecule is CCOC(=O)c1nnc(-c2cc3cc(Oc4ccc(C)cc4)cc(OCc4ccccc4)c3[nH]2)s1.O=S=O. The van der Waals surface area contributed by atoms with Crippen molar-refractivity contribution in [3.63, 3.8) is 0 Å². The number of rotatable bonds is 8. The molecule has 38 heavy (non-hydrogen) atoms. The molecule has 0 bridgehead atoms. The Kier molecular flexibility index (Phi) is 8.96. The smallest absolute Gasteiger partial charge is 0.369 e. The Morgan fingerprint density at radius 2 is 1.71 bits per heavy atom. The van der Waals surface area contributed by atoms with E-state index in [9.17, 15) is 4.79 Å². The quantitative estimate of drug-likeness (QED) is 0.239. The number of benzene rings is 3. The zero-order valence-corrected chi connectivity index (χ0v) is 22.1. The van der Waals surface area contributed by atoms with Gasteiger partial charge in [0.05, 0.1) is 17.8 Å². The molecule has 3 aromatic carbocycles. The fourth-order valence-corrected chi connectivity index (χ4v) is 4.27. The van der Waals surface area contributed by atoms with E-state index in [1.807, 2.05) is 79.7 Å². The second kappa shape index (κ2) is 12.7. The van der Waals surface area contributed by atoms with Gasteiger partial charge in [-0.25, -0.2) is 4.79 Å². The minimum atomic E-state index is -0.750. The molecular weight excluding hydrogens is 526 g/mol. The third-order valence-electron chi connectivity index (χ3n) is 5.27. The number of ether oxygens (including phenoxy) is 3. The summed E-state index contributed by atoms with van der Waals surface area (Å²) in [7, 11) is 0. The van der Waals surface area contributed by atoms with Crippen molar-refractivity contribution in [3.05, 3.63) is 88.9 Å². The van der Waals surface area contributed by atoms with Crippen molar-refractivity contribution in [1.82, 2.24) is 15.2 Å². The van der Waals surface area contributed by atoms with E-state index in [-0.39, 0.29) is 11.6 Å². The zero-order valence-electron chi connectivity index (χ0n) is 20.5. The van der Waals surface area contributed by atoms with Crippen LogP contribution < -0.4 is 9.47 Å². The minimum Gasteiger partial charge on any atom is -0.487 e. The third-order valence-corrected chi connectivity index (χ3v) is 6.20. The van der Waals surface area contributed by atoms with Gasteiger partial charge in [-0.05, 0) is 43.7 Å². The van der Waals surface area contributed by atoms with Crippen molar-refractivity contribution in [2.24, 2.45) is 0 Å². The summed E-state index contributed by atoms with van der Waals surface area (Å²) in [5, 5.41) is 9.83. The van der Waals surface area contributed by atoms with Crippen molar-refractivity contribution < 1.29 is 27.4 Å². The molecule has 0 aliphatic carbocycles. The molecule has 0 amide bonds. The Morgan fingerprint density at radius 3 is 2.42 bits per heavy atom. The number of carbonyl (C=O) groups excluding carboxylic acids is 1. The van der Waals surface area contributed by atoms with Gasteiger partial charge < -0.3 is 19.2 Å². The van der Waals surface area contributed by atoms with Crippen LogP contribution in [0.5, 0.6) is 17.2 Å². The highest BCUT2D eigenvalue weighted by atomic mass is 32.1. The number of aromatic nitrogens is 3. The lowest BCUT2D eigenvalue weighted by atomic mass is 10.2. The van der Waals surface area contributed by atoms with Gasteiger partial charge in [-0.2, -0.15) is 8.42 Å². The molecule has 0 saturated carbocycles. The Morgan fingerprint density at radius 1 is 0.974 bits per heavy atom. The van der Waals surface area contributed by atoms with Gasteiger partial charge in [-0.1, -0.05) is 59.4 Å². The van der Waals surface area contributed by atoms with Gasteiger partial charge in [0.15, 0.2) is 5.01 Å². The molecule has 2 aromatic heterocycles. The minimum absolute atomic E-state index is 0.212. The van der Waals surface area contributed by atoms with E-state index >= 15 is 0 Å². The Hall–Kier alpha value is -4.35. The fourth-order valence-electron chi connectivity index (χ4n) is 3.56. The molecule has 0 atom stereocenters. The van der Waals surface area contributed by atoms with Crippen molar-refractivity contribution in [2.45, 2.75) is 20.5 Å². The van der Waals surface area contributed by atoms with Gasteiger partial charge in [0.25, 0.3) is 0 Å². The van der Waals surface area contributed by atoms with Crippen LogP contribution in [-0.4, -0.2) is 36.2 Å². The summed E-state index contributed by atoms with van der Waals surface area (Å²) < 4.78 is 34.0. The van der Waals surface area contributed by atoms with E-state index < -0.39 is 17.5 Å². The molecule has 0 unspecified atom stereocenters. The Bertz CT molecular complexity index is 1560. The van der Waals surface area contributed by atoms with Crippen LogP contribution in [0.2, 0.25) is 0 Å². The third kappa shape index (κ3) is 6.69. The van der Waals surface area contributed by atoms with E-state index in [1.54, 1.807) is 6.92 Å². The number of aromatic amines is 1. The standard InChI is InChI=1S/C27H23N3O4S.O2S/c1-3-32-27(31)26-30-29-25(35-26)22-14-19-13-21(34-20-11-9-17(2)10-12-20)15-23(24(19)28-22)33-16-18-7-5-4-6-8-18;1-3-2/h4-15,28H,3,16H2,1-2H3;. The highest BCUT2D eigenvalue weighted by Gasteiger charge is 2.18. The predicted molar refractivity (Wildman–Crippen MR) is 144 cm³/mol. The normalized spacial score (nSPS) is 10.4. The Labute approximate surface area is 226 Å². The number of esters is 1. The molecule has 0 aliphatic rings. The molecule has 0 saturated heterocycles. The number of H-pyrrole nitrogens is 1. The molecule has 5 aromatic rings. The van der Waals surface area contributed by atoms with Crippen molar-refractivity contribution in [1.29, 1.82) is 0 Å². The molecule has 0 fully saturated rings. The van der Waals surface area contributed by atoms with E-state index in [2.05, 4.69) is 15.2 Å². The molecular formula is C27H23N3O6S2. The van der Waals surface area contributed by atoms with Gasteiger partial charge in [-0.15, -0.1) is 10.2 Å². The first-order chi connectivity index (χ1) is 18.5. The first-order valence-corrected chi connectivity index (χ1v) is 13.0. The first-order valence-electron chi connectivity index (χ1n) is 11.5. The summed E-state index contributed by atoms with van der Waals surface area (Å²) in [6.45, 7) is 4.48. The molecule has 0 radical (unpaired) electrons. The monoisotopic (exact) mass is 549 g/mol. The van der Waals surface area contributed by atoms with Crippen LogP contribution in [0.25, 0.3) is 21.6 Å². The number of hydrogen-bond acceptors (Lipinski definition) is 9. The summed E-state index contributed by atoms with van der Waals surface area (Å²) in [5.41, 5.74) is 3.75. The average Bonchev–Trinajstić information content (AvgIpc) is 3.58. The lowest BCUT2D eigenvalue weighted by molar-refractivity contribution is 0.0525. The molecule has 1 N–H and O–H groups in total. The van der Waals surface area contributed by atoms with Crippen LogP contribution in [0.1, 0.15) is 27.9 Å². The molecule has 9 nitrogen and oxygen atoms in total. The van der Waals surface area contributed by atoms with Gasteiger partial charge in [0.2, 0.25) is 5.01 Å². The summed E-state index contributed by atoms with van der Waals surface area (Å²) in [4.78, 5) is 15.4. The number of carbonyl (C=O) groups is 1. The molecule has 11 heteroatoms. The van der Waals surface area contributed by atoms with Crippen LogP contribution in [0.3, 0.4) is 0 Å². The van der Waals surface area contributed by atoms with E-state index in [1.165, 1.54) is 11.3 Å². The average molecular weight is 550 g/mol. The van der Waals surface area contributed by atoms with Crippen molar-refractivity contribution in [2.75, 3.05) is 6.61 Å². The largest absolute Gasteiger partial charge is 0.487 e. The second-order valence-corrected chi connectivity index (χ2v) is 9.07. The highest BCUT2D eigenvalue weighted by molar-refractivity contribution is 7.51. The topological polar surface area (TPSA) is 120 Å². The maximum absolute atomic E-state index is 12.0. The predicted octanol–water partition coefficient (Wildman–Crippen LogP) is 5.87. The molecule has 0 spiro atoms. The summed E-state index contributed by atoms with van der Waals surface area (Å²) >= 11 is 0.423. The van der Waals surface area contributed by atoms with E-state index in [0.717, 1.165) is 33.5 Å². The van der Waals surface area contributed by atoms with Crippen molar-refractivity contribution >= 4 is 39.8 Å². The van der Waals surface area contributed by atoms with Gasteiger partial charge in [-0.3, -0.25) is 0 Å². The van der Waals surface area contributed by atoms with Crippen LogP contribution in [0.15, 0.2) is 72.8 Å². The summed E-state index contributed by atoms with van der Waals surface area (Å²) in [6, 6.07) is 23.6. The van der Waals surface area contributed by atoms with Gasteiger partial charge >= 0.3 is 17.5 Å². The number of fused-ring (bicyclic) bond motifs is 1. The van der Waals surface area contributed by atoms with Gasteiger partial charge in [0.1, 0.15) is 23.9 Å². The fraction of sp³-hybridized carbons (Fsp3) is 0.148. The number of nitrogens with one attached hydrogen (secondary N) is 1.